The molecule has 0 amide bonds. The van der Waals surface area contributed by atoms with Gasteiger partial charge in [-0.1, -0.05) is 19.9 Å². The van der Waals surface area contributed by atoms with Crippen LogP contribution < -0.4 is 4.57 Å². The maximum atomic E-state index is 2.31. The van der Waals surface area contributed by atoms with Gasteiger partial charge >= 0.3 is 0 Å². The van der Waals surface area contributed by atoms with Gasteiger partial charge in [0.2, 0.25) is 0 Å². The van der Waals surface area contributed by atoms with E-state index in [9.17, 15) is 0 Å². The van der Waals surface area contributed by atoms with Crippen molar-refractivity contribution < 1.29 is 4.57 Å². The number of hydrogen-bond acceptors (Lipinski definition) is 0. The molecule has 1 atom stereocenters. The normalized spacial score (nSPS) is 12.8. The number of rotatable bonds is 4. The molecular weight excluding hydrogens is 146 g/mol. The lowest BCUT2D eigenvalue weighted by Gasteiger charge is -2.07. The molecule has 1 aromatic heterocycles. The summed E-state index contributed by atoms with van der Waals surface area (Å²) < 4.78 is 2.31. The van der Waals surface area contributed by atoms with Crippen LogP contribution in [-0.2, 0) is 0 Å². The Morgan fingerprint density at radius 1 is 1.08 bits per heavy atom. The Hall–Kier alpha value is -0.850. The molecule has 1 rings (SSSR count). The molecule has 0 radical (unpaired) electrons. The molecule has 1 aromatic rings. The van der Waals surface area contributed by atoms with E-state index in [0.717, 1.165) is 0 Å². The molecule has 0 N–H and O–H groups in total. The molecule has 0 aliphatic heterocycles. The second-order valence-corrected chi connectivity index (χ2v) is 3.17. The van der Waals surface area contributed by atoms with E-state index in [2.05, 4.69) is 49.0 Å². The third kappa shape index (κ3) is 2.33. The summed E-state index contributed by atoms with van der Waals surface area (Å²) in [5.74, 6) is 0. The van der Waals surface area contributed by atoms with Crippen LogP contribution in [0.25, 0.3) is 0 Å². The van der Waals surface area contributed by atoms with Gasteiger partial charge in [0.25, 0.3) is 0 Å². The Morgan fingerprint density at radius 2 is 1.75 bits per heavy atom. The van der Waals surface area contributed by atoms with E-state index < -0.39 is 0 Å². The SMILES string of the molecule is CCCC(CC)[n+]1ccccc1. The fraction of sp³-hybridized carbons (Fsp3) is 0.545. The second-order valence-electron chi connectivity index (χ2n) is 3.17. The molecule has 66 valence electrons. The summed E-state index contributed by atoms with van der Waals surface area (Å²) in [4.78, 5) is 0. The molecule has 12 heavy (non-hydrogen) atoms. The molecule has 1 heterocycles. The van der Waals surface area contributed by atoms with E-state index >= 15 is 0 Å². The quantitative estimate of drug-likeness (QED) is 0.602. The van der Waals surface area contributed by atoms with Crippen LogP contribution in [0, 0.1) is 0 Å². The van der Waals surface area contributed by atoms with Crippen molar-refractivity contribution in [3.05, 3.63) is 30.6 Å². The van der Waals surface area contributed by atoms with Gasteiger partial charge in [-0.15, -0.1) is 0 Å². The predicted octanol–water partition coefficient (Wildman–Crippen LogP) is 2.73. The molecule has 0 saturated heterocycles. The number of nitrogens with zero attached hydrogens (tertiary/aromatic N) is 1. The zero-order valence-electron chi connectivity index (χ0n) is 8.03. The molecule has 0 fully saturated rings. The first kappa shape index (κ1) is 9.24. The number of pyridine rings is 1. The highest BCUT2D eigenvalue weighted by Crippen LogP contribution is 2.09. The maximum Gasteiger partial charge on any atom is 0.169 e. The van der Waals surface area contributed by atoms with Gasteiger partial charge in [-0.25, -0.2) is 4.57 Å². The van der Waals surface area contributed by atoms with E-state index in [0.29, 0.717) is 6.04 Å². The Kier molecular flexibility index (Phi) is 3.78. The zero-order valence-corrected chi connectivity index (χ0v) is 8.03. The van der Waals surface area contributed by atoms with Crippen LogP contribution in [0.5, 0.6) is 0 Å². The van der Waals surface area contributed by atoms with Crippen molar-refractivity contribution in [2.75, 3.05) is 0 Å². The maximum absolute atomic E-state index is 2.31. The highest BCUT2D eigenvalue weighted by molar-refractivity contribution is 4.84. The average molecular weight is 164 g/mol. The van der Waals surface area contributed by atoms with Crippen molar-refractivity contribution in [2.45, 2.75) is 39.2 Å². The van der Waals surface area contributed by atoms with Crippen LogP contribution in [0.2, 0.25) is 0 Å². The molecule has 0 saturated carbocycles. The largest absolute Gasteiger partial charge is 0.202 e. The van der Waals surface area contributed by atoms with E-state index in [-0.39, 0.29) is 0 Å². The standard InChI is InChI=1S/C11H18N/c1-3-8-11(4-2)12-9-6-5-7-10-12/h5-7,9-11H,3-4,8H2,1-2H3/q+1. The van der Waals surface area contributed by atoms with Crippen LogP contribution in [0.3, 0.4) is 0 Å². The minimum Gasteiger partial charge on any atom is -0.202 e. The molecule has 1 heteroatoms. The average Bonchev–Trinajstić information content (AvgIpc) is 2.15. The van der Waals surface area contributed by atoms with Gasteiger partial charge < -0.3 is 0 Å². The van der Waals surface area contributed by atoms with Crippen LogP contribution >= 0.6 is 0 Å². The summed E-state index contributed by atoms with van der Waals surface area (Å²) >= 11 is 0. The smallest absolute Gasteiger partial charge is 0.169 e. The van der Waals surface area contributed by atoms with E-state index in [1.54, 1.807) is 0 Å². The fourth-order valence-corrected chi connectivity index (χ4v) is 1.55. The van der Waals surface area contributed by atoms with E-state index in [1.165, 1.54) is 19.3 Å². The van der Waals surface area contributed by atoms with Gasteiger partial charge in [-0.3, -0.25) is 0 Å². The molecule has 0 spiro atoms. The molecule has 0 bridgehead atoms. The lowest BCUT2D eigenvalue weighted by Crippen LogP contribution is -2.37. The summed E-state index contributed by atoms with van der Waals surface area (Å²) in [5.41, 5.74) is 0. The van der Waals surface area contributed by atoms with Gasteiger partial charge in [-0.05, 0) is 6.42 Å². The lowest BCUT2D eigenvalue weighted by atomic mass is 10.1. The van der Waals surface area contributed by atoms with Crippen molar-refractivity contribution in [1.82, 2.24) is 0 Å². The Morgan fingerprint density at radius 3 is 2.25 bits per heavy atom. The lowest BCUT2D eigenvalue weighted by molar-refractivity contribution is -0.724. The van der Waals surface area contributed by atoms with Gasteiger partial charge in [0.1, 0.15) is 0 Å². The monoisotopic (exact) mass is 164 g/mol. The topological polar surface area (TPSA) is 3.88 Å². The molecule has 0 aliphatic carbocycles. The van der Waals surface area contributed by atoms with Gasteiger partial charge in [0, 0.05) is 25.0 Å². The highest BCUT2D eigenvalue weighted by Gasteiger charge is 2.12. The summed E-state index contributed by atoms with van der Waals surface area (Å²) in [5, 5.41) is 0. The van der Waals surface area contributed by atoms with Gasteiger partial charge in [-0.2, -0.15) is 0 Å². The number of hydrogen-bond donors (Lipinski definition) is 0. The molecule has 1 nitrogen and oxygen atoms in total. The van der Waals surface area contributed by atoms with E-state index in [1.807, 2.05) is 0 Å². The van der Waals surface area contributed by atoms with Gasteiger partial charge in [0.05, 0.1) is 0 Å². The van der Waals surface area contributed by atoms with Gasteiger partial charge in [0.15, 0.2) is 18.4 Å². The van der Waals surface area contributed by atoms with Crippen LogP contribution in [0.4, 0.5) is 0 Å². The van der Waals surface area contributed by atoms with Crippen LogP contribution in [0.1, 0.15) is 39.2 Å². The summed E-state index contributed by atoms with van der Waals surface area (Å²) in [6.45, 7) is 4.49. The van der Waals surface area contributed by atoms with Crippen molar-refractivity contribution >= 4 is 0 Å². The van der Waals surface area contributed by atoms with Crippen molar-refractivity contribution in [3.63, 3.8) is 0 Å². The van der Waals surface area contributed by atoms with Crippen LogP contribution in [-0.4, -0.2) is 0 Å². The predicted molar refractivity (Wildman–Crippen MR) is 50.9 cm³/mol. The second kappa shape index (κ2) is 4.91. The number of aromatic nitrogens is 1. The molecule has 0 aromatic carbocycles. The molecule has 1 unspecified atom stereocenters. The fourth-order valence-electron chi connectivity index (χ4n) is 1.55. The summed E-state index contributed by atoms with van der Waals surface area (Å²) in [7, 11) is 0. The minimum absolute atomic E-state index is 0.691. The van der Waals surface area contributed by atoms with Crippen molar-refractivity contribution in [2.24, 2.45) is 0 Å². The summed E-state index contributed by atoms with van der Waals surface area (Å²) in [6, 6.07) is 6.95. The third-order valence-corrected chi connectivity index (χ3v) is 2.25. The zero-order chi connectivity index (χ0) is 8.81. The van der Waals surface area contributed by atoms with Crippen molar-refractivity contribution in [3.8, 4) is 0 Å². The van der Waals surface area contributed by atoms with Crippen LogP contribution in [0.15, 0.2) is 30.6 Å². The molecule has 0 aliphatic rings. The Balaban J connectivity index is 2.66. The first-order valence-electron chi connectivity index (χ1n) is 4.84. The Labute approximate surface area is 75.1 Å². The van der Waals surface area contributed by atoms with Crippen molar-refractivity contribution in [1.29, 1.82) is 0 Å². The first-order valence-corrected chi connectivity index (χ1v) is 4.84. The van der Waals surface area contributed by atoms with E-state index in [4.69, 9.17) is 0 Å². The highest BCUT2D eigenvalue weighted by atomic mass is 15.0. The first-order chi connectivity index (χ1) is 5.88. The third-order valence-electron chi connectivity index (χ3n) is 2.25. The molecular formula is C11H18N+. The Bertz CT molecular complexity index is 206. The summed E-state index contributed by atoms with van der Waals surface area (Å²) in [6.07, 6.45) is 8.09. The minimum atomic E-state index is 0.691.